The number of phenolic OH excluding ortho intramolecular Hbond substituents is 2. The molecule has 102 valence electrons. The molecule has 0 radical (unpaired) electrons. The SMILES string of the molecule is CC1=C[C@H](c2c(O)cc(C)cc2O)C2C(C1)C2(C)C. The Hall–Kier alpha value is -1.44. The lowest BCUT2D eigenvalue weighted by Gasteiger charge is -2.22. The molecule has 3 atom stereocenters. The van der Waals surface area contributed by atoms with Crippen molar-refractivity contribution in [2.45, 2.75) is 40.0 Å². The summed E-state index contributed by atoms with van der Waals surface area (Å²) in [6, 6.07) is 3.49. The molecule has 2 nitrogen and oxygen atoms in total. The highest BCUT2D eigenvalue weighted by Gasteiger charge is 2.62. The van der Waals surface area contributed by atoms with Gasteiger partial charge in [-0.25, -0.2) is 0 Å². The zero-order chi connectivity index (χ0) is 13.9. The van der Waals surface area contributed by atoms with Crippen LogP contribution in [-0.2, 0) is 0 Å². The largest absolute Gasteiger partial charge is 0.507 e. The summed E-state index contributed by atoms with van der Waals surface area (Å²) in [5.41, 5.74) is 3.28. The molecule has 0 aliphatic heterocycles. The molecule has 2 unspecified atom stereocenters. The van der Waals surface area contributed by atoms with Crippen molar-refractivity contribution in [3.8, 4) is 11.5 Å². The Kier molecular flexibility index (Phi) is 2.51. The van der Waals surface area contributed by atoms with Crippen molar-refractivity contribution in [1.29, 1.82) is 0 Å². The highest BCUT2D eigenvalue weighted by Crippen LogP contribution is 2.69. The molecular weight excluding hydrogens is 236 g/mol. The second-order valence-corrected chi connectivity index (χ2v) is 6.91. The lowest BCUT2D eigenvalue weighted by atomic mass is 9.84. The molecule has 1 fully saturated rings. The van der Waals surface area contributed by atoms with Crippen molar-refractivity contribution < 1.29 is 10.2 Å². The number of hydrogen-bond donors (Lipinski definition) is 2. The van der Waals surface area contributed by atoms with Gasteiger partial charge in [-0.2, -0.15) is 0 Å². The average Bonchev–Trinajstić information content (AvgIpc) is 2.79. The first-order valence-electron chi connectivity index (χ1n) is 7.02. The molecule has 2 heteroatoms. The molecule has 1 saturated carbocycles. The van der Waals surface area contributed by atoms with Gasteiger partial charge in [0.1, 0.15) is 11.5 Å². The Morgan fingerprint density at radius 1 is 1.11 bits per heavy atom. The first-order chi connectivity index (χ1) is 8.82. The fourth-order valence-electron chi connectivity index (χ4n) is 4.08. The van der Waals surface area contributed by atoms with Crippen LogP contribution in [-0.4, -0.2) is 10.2 Å². The smallest absolute Gasteiger partial charge is 0.123 e. The summed E-state index contributed by atoms with van der Waals surface area (Å²) in [4.78, 5) is 0. The minimum atomic E-state index is 0.148. The van der Waals surface area contributed by atoms with Crippen molar-refractivity contribution in [2.75, 3.05) is 0 Å². The monoisotopic (exact) mass is 258 g/mol. The molecule has 1 aromatic carbocycles. The summed E-state index contributed by atoms with van der Waals surface area (Å²) in [7, 11) is 0. The zero-order valence-corrected chi connectivity index (χ0v) is 12.1. The van der Waals surface area contributed by atoms with Gasteiger partial charge in [0, 0.05) is 11.5 Å². The van der Waals surface area contributed by atoms with Gasteiger partial charge < -0.3 is 10.2 Å². The van der Waals surface area contributed by atoms with Crippen LogP contribution in [0.4, 0.5) is 0 Å². The fraction of sp³-hybridized carbons (Fsp3) is 0.529. The Morgan fingerprint density at radius 3 is 2.26 bits per heavy atom. The van der Waals surface area contributed by atoms with Crippen molar-refractivity contribution >= 4 is 0 Å². The molecule has 0 saturated heterocycles. The first-order valence-corrected chi connectivity index (χ1v) is 7.02. The molecule has 0 aromatic heterocycles. The Morgan fingerprint density at radius 2 is 1.68 bits per heavy atom. The molecule has 0 heterocycles. The van der Waals surface area contributed by atoms with E-state index in [0.717, 1.165) is 12.0 Å². The average molecular weight is 258 g/mol. The molecule has 0 amide bonds. The van der Waals surface area contributed by atoms with E-state index in [1.807, 2.05) is 6.92 Å². The summed E-state index contributed by atoms with van der Waals surface area (Å²) in [6.07, 6.45) is 3.39. The van der Waals surface area contributed by atoms with Gasteiger partial charge in [0.25, 0.3) is 0 Å². The van der Waals surface area contributed by atoms with E-state index in [0.29, 0.717) is 22.8 Å². The topological polar surface area (TPSA) is 40.5 Å². The molecule has 19 heavy (non-hydrogen) atoms. The Bertz CT molecular complexity index is 546. The Labute approximate surface area is 114 Å². The van der Waals surface area contributed by atoms with Gasteiger partial charge in [0.15, 0.2) is 0 Å². The highest BCUT2D eigenvalue weighted by molar-refractivity contribution is 5.52. The third-order valence-electron chi connectivity index (χ3n) is 5.15. The van der Waals surface area contributed by atoms with Crippen LogP contribution in [0.15, 0.2) is 23.8 Å². The van der Waals surface area contributed by atoms with E-state index in [-0.39, 0.29) is 17.4 Å². The number of hydrogen-bond acceptors (Lipinski definition) is 2. The van der Waals surface area contributed by atoms with E-state index < -0.39 is 0 Å². The second-order valence-electron chi connectivity index (χ2n) is 6.91. The van der Waals surface area contributed by atoms with Crippen LogP contribution in [0, 0.1) is 24.2 Å². The normalized spacial score (nSPS) is 31.6. The van der Waals surface area contributed by atoms with Crippen LogP contribution in [0.5, 0.6) is 11.5 Å². The zero-order valence-electron chi connectivity index (χ0n) is 12.1. The highest BCUT2D eigenvalue weighted by atomic mass is 16.3. The van der Waals surface area contributed by atoms with Gasteiger partial charge in [0.05, 0.1) is 0 Å². The molecule has 3 rings (SSSR count). The third kappa shape index (κ3) is 1.77. The standard InChI is InChI=1S/C17H22O2/c1-9-5-11(16-12(6-9)17(16,3)4)15-13(18)7-10(2)8-14(15)19/h5,7-8,11-12,16,18-19H,6H2,1-4H3/t11-,12?,16?/m1/s1. The van der Waals surface area contributed by atoms with Gasteiger partial charge in [0.2, 0.25) is 0 Å². The quantitative estimate of drug-likeness (QED) is 0.744. The van der Waals surface area contributed by atoms with E-state index in [2.05, 4.69) is 26.8 Å². The maximum atomic E-state index is 10.2. The van der Waals surface area contributed by atoms with Crippen LogP contribution < -0.4 is 0 Å². The van der Waals surface area contributed by atoms with E-state index >= 15 is 0 Å². The van der Waals surface area contributed by atoms with Crippen LogP contribution in [0.1, 0.15) is 44.2 Å². The van der Waals surface area contributed by atoms with Gasteiger partial charge in [-0.1, -0.05) is 25.5 Å². The number of allylic oxidation sites excluding steroid dienone is 2. The number of benzene rings is 1. The third-order valence-corrected chi connectivity index (χ3v) is 5.15. The van der Waals surface area contributed by atoms with Crippen LogP contribution in [0.3, 0.4) is 0 Å². The van der Waals surface area contributed by atoms with Gasteiger partial charge >= 0.3 is 0 Å². The summed E-state index contributed by atoms with van der Waals surface area (Å²) >= 11 is 0. The number of fused-ring (bicyclic) bond motifs is 1. The predicted molar refractivity (Wildman–Crippen MR) is 76.4 cm³/mol. The molecule has 2 aliphatic carbocycles. The van der Waals surface area contributed by atoms with Crippen molar-refractivity contribution in [3.63, 3.8) is 0 Å². The first kappa shape index (κ1) is 12.6. The van der Waals surface area contributed by atoms with Gasteiger partial charge in [-0.15, -0.1) is 0 Å². The molecule has 2 N–H and O–H groups in total. The number of phenols is 2. The summed E-state index contributed by atoms with van der Waals surface area (Å²) in [5, 5.41) is 20.5. The lowest BCUT2D eigenvalue weighted by Crippen LogP contribution is -2.07. The molecule has 1 aromatic rings. The Balaban J connectivity index is 2.09. The maximum Gasteiger partial charge on any atom is 0.123 e. The van der Waals surface area contributed by atoms with Crippen molar-refractivity contribution in [2.24, 2.45) is 17.3 Å². The minimum Gasteiger partial charge on any atom is -0.507 e. The summed E-state index contributed by atoms with van der Waals surface area (Å²) in [6.45, 7) is 8.63. The molecule has 0 bridgehead atoms. The summed E-state index contributed by atoms with van der Waals surface area (Å²) in [5.74, 6) is 1.83. The predicted octanol–water partition coefficient (Wildman–Crippen LogP) is 4.11. The maximum absolute atomic E-state index is 10.2. The van der Waals surface area contributed by atoms with Crippen LogP contribution >= 0.6 is 0 Å². The molecule has 2 aliphatic rings. The minimum absolute atomic E-state index is 0.148. The summed E-state index contributed by atoms with van der Waals surface area (Å²) < 4.78 is 0. The van der Waals surface area contributed by atoms with Gasteiger partial charge in [-0.05, 0) is 55.2 Å². The van der Waals surface area contributed by atoms with Crippen molar-refractivity contribution in [1.82, 2.24) is 0 Å². The fourth-order valence-corrected chi connectivity index (χ4v) is 4.08. The lowest BCUT2D eigenvalue weighted by molar-refractivity contribution is 0.419. The van der Waals surface area contributed by atoms with E-state index in [9.17, 15) is 10.2 Å². The van der Waals surface area contributed by atoms with E-state index in [1.54, 1.807) is 12.1 Å². The van der Waals surface area contributed by atoms with E-state index in [4.69, 9.17) is 0 Å². The number of aromatic hydroxyl groups is 2. The molecular formula is C17H22O2. The van der Waals surface area contributed by atoms with Gasteiger partial charge in [-0.3, -0.25) is 0 Å². The van der Waals surface area contributed by atoms with Crippen molar-refractivity contribution in [3.05, 3.63) is 34.9 Å². The number of aryl methyl sites for hydroxylation is 1. The van der Waals surface area contributed by atoms with Crippen LogP contribution in [0.2, 0.25) is 0 Å². The number of rotatable bonds is 1. The second kappa shape index (κ2) is 3.78. The molecule has 0 spiro atoms. The van der Waals surface area contributed by atoms with Crippen LogP contribution in [0.25, 0.3) is 0 Å². The van der Waals surface area contributed by atoms with E-state index in [1.165, 1.54) is 5.57 Å².